The Bertz CT molecular complexity index is 1320. The van der Waals surface area contributed by atoms with Gasteiger partial charge in [-0.15, -0.1) is 0 Å². The van der Waals surface area contributed by atoms with Crippen LogP contribution in [0, 0.1) is 6.92 Å². The number of aromatic amines is 2. The minimum Gasteiger partial charge on any atom is -0.396 e. The number of aromatic nitrogens is 4. The maximum atomic E-state index is 11.0. The van der Waals surface area contributed by atoms with Crippen LogP contribution in [0.15, 0.2) is 66.9 Å². The molecule has 0 bridgehead atoms. The molecule has 0 aliphatic rings. The quantitative estimate of drug-likeness (QED) is 0.356. The van der Waals surface area contributed by atoms with Gasteiger partial charge < -0.3 is 15.2 Å². The number of H-pyrrole nitrogens is 2. The third kappa shape index (κ3) is 3.16. The highest BCUT2D eigenvalue weighted by Gasteiger charge is 2.24. The summed E-state index contributed by atoms with van der Waals surface area (Å²) in [4.78, 5) is 7.57. The fourth-order valence-corrected chi connectivity index (χ4v) is 4.04. The van der Waals surface area contributed by atoms with E-state index in [2.05, 4.69) is 26.2 Å². The molecule has 5 aromatic rings. The van der Waals surface area contributed by atoms with Crippen molar-refractivity contribution in [3.63, 3.8) is 0 Å². The van der Waals surface area contributed by atoms with E-state index in [-0.39, 0.29) is 6.61 Å². The molecule has 6 nitrogen and oxygen atoms in total. The molecule has 4 N–H and O–H groups in total. The van der Waals surface area contributed by atoms with Crippen molar-refractivity contribution < 1.29 is 10.2 Å². The Kier molecular flexibility index (Phi) is 4.58. The molecule has 0 aliphatic heterocycles. The summed E-state index contributed by atoms with van der Waals surface area (Å²) < 4.78 is 0. The van der Waals surface area contributed by atoms with Gasteiger partial charge in [-0.05, 0) is 42.8 Å². The Morgan fingerprint density at radius 1 is 1.00 bits per heavy atom. The van der Waals surface area contributed by atoms with Crippen molar-refractivity contribution in [3.05, 3.63) is 83.8 Å². The summed E-state index contributed by atoms with van der Waals surface area (Å²) in [6.07, 6.45) is 0.941. The smallest absolute Gasteiger partial charge is 0.103 e. The fraction of sp³-hybridized carbons (Fsp3) is 0.167. The van der Waals surface area contributed by atoms with Gasteiger partial charge in [0.2, 0.25) is 0 Å². The van der Waals surface area contributed by atoms with Crippen LogP contribution in [0.4, 0.5) is 0 Å². The van der Waals surface area contributed by atoms with Gasteiger partial charge in [0.15, 0.2) is 0 Å². The third-order valence-electron chi connectivity index (χ3n) is 5.62. The highest BCUT2D eigenvalue weighted by molar-refractivity contribution is 6.01. The molecule has 0 spiro atoms. The number of hydrogen-bond donors (Lipinski definition) is 4. The molecule has 6 heteroatoms. The van der Waals surface area contributed by atoms with E-state index in [1.807, 2.05) is 61.5 Å². The first kappa shape index (κ1) is 18.5. The molecule has 2 aromatic carbocycles. The van der Waals surface area contributed by atoms with E-state index >= 15 is 0 Å². The number of aliphatic hydroxyl groups excluding tert-OH is 2. The molecule has 0 fully saturated rings. The number of pyridine rings is 1. The van der Waals surface area contributed by atoms with E-state index < -0.39 is 12.0 Å². The second-order valence-corrected chi connectivity index (χ2v) is 7.61. The summed E-state index contributed by atoms with van der Waals surface area (Å²) in [7, 11) is 0. The predicted molar refractivity (Wildman–Crippen MR) is 117 cm³/mol. The van der Waals surface area contributed by atoms with Crippen molar-refractivity contribution in [1.29, 1.82) is 0 Å². The van der Waals surface area contributed by atoms with Crippen LogP contribution in [0.25, 0.3) is 33.1 Å². The molecule has 2 atom stereocenters. The first-order chi connectivity index (χ1) is 14.6. The van der Waals surface area contributed by atoms with E-state index in [1.54, 1.807) is 6.20 Å². The normalized spacial score (nSPS) is 13.7. The SMILES string of the molecule is Cc1cc(-c2n[nH]c3cc4[nH]c(C(O)[C@H](CO)c5ccccc5)cc4cc23)ccn1. The van der Waals surface area contributed by atoms with E-state index in [0.717, 1.165) is 44.3 Å². The van der Waals surface area contributed by atoms with Crippen LogP contribution in [-0.4, -0.2) is 37.0 Å². The Labute approximate surface area is 173 Å². The van der Waals surface area contributed by atoms with Gasteiger partial charge in [-0.25, -0.2) is 0 Å². The maximum absolute atomic E-state index is 11.0. The zero-order valence-electron chi connectivity index (χ0n) is 16.5. The molecular formula is C24H22N4O2. The zero-order valence-corrected chi connectivity index (χ0v) is 16.5. The van der Waals surface area contributed by atoms with Gasteiger partial charge in [-0.2, -0.15) is 5.10 Å². The number of nitrogens with one attached hydrogen (secondary N) is 2. The van der Waals surface area contributed by atoms with Crippen LogP contribution in [0.5, 0.6) is 0 Å². The van der Waals surface area contributed by atoms with Gasteiger partial charge >= 0.3 is 0 Å². The third-order valence-corrected chi connectivity index (χ3v) is 5.62. The summed E-state index contributed by atoms with van der Waals surface area (Å²) in [6.45, 7) is 1.82. The monoisotopic (exact) mass is 398 g/mol. The molecule has 1 unspecified atom stereocenters. The van der Waals surface area contributed by atoms with Crippen molar-refractivity contribution in [3.8, 4) is 11.3 Å². The fourth-order valence-electron chi connectivity index (χ4n) is 4.04. The maximum Gasteiger partial charge on any atom is 0.103 e. The zero-order chi connectivity index (χ0) is 20.7. The summed E-state index contributed by atoms with van der Waals surface area (Å²) in [5.41, 5.74) is 6.21. The first-order valence-corrected chi connectivity index (χ1v) is 9.91. The lowest BCUT2D eigenvalue weighted by Crippen LogP contribution is -2.15. The first-order valence-electron chi connectivity index (χ1n) is 9.91. The van der Waals surface area contributed by atoms with Crippen LogP contribution in [0.2, 0.25) is 0 Å². The standard InChI is InChI=1S/C24H22N4O2/c1-14-9-16(7-8-25-14)23-18-10-17-11-22(26-20(17)12-21(18)27-28-23)24(30)19(13-29)15-5-3-2-4-6-15/h2-12,19,24,26,29-30H,13H2,1H3,(H,27,28)/t19-,24?/m1/s1. The van der Waals surface area contributed by atoms with Crippen molar-refractivity contribution in [1.82, 2.24) is 20.2 Å². The lowest BCUT2D eigenvalue weighted by Gasteiger charge is -2.20. The molecule has 150 valence electrons. The predicted octanol–water partition coefficient (Wildman–Crippen LogP) is 4.22. The molecule has 30 heavy (non-hydrogen) atoms. The van der Waals surface area contributed by atoms with Crippen molar-refractivity contribution >= 4 is 21.8 Å². The van der Waals surface area contributed by atoms with E-state index in [4.69, 9.17) is 0 Å². The molecule has 0 aliphatic carbocycles. The minimum atomic E-state index is -0.844. The molecule has 0 radical (unpaired) electrons. The topological polar surface area (TPSA) is 97.8 Å². The Morgan fingerprint density at radius 2 is 1.83 bits per heavy atom. The highest BCUT2D eigenvalue weighted by Crippen LogP contribution is 2.34. The van der Waals surface area contributed by atoms with Crippen molar-refractivity contribution in [2.75, 3.05) is 6.61 Å². The summed E-state index contributed by atoms with van der Waals surface area (Å²) in [5.74, 6) is -0.402. The lowest BCUT2D eigenvalue weighted by molar-refractivity contribution is 0.104. The van der Waals surface area contributed by atoms with Crippen LogP contribution < -0.4 is 0 Å². The molecule has 0 saturated carbocycles. The van der Waals surface area contributed by atoms with Gasteiger partial charge in [0, 0.05) is 45.4 Å². The van der Waals surface area contributed by atoms with Gasteiger partial charge in [0.1, 0.15) is 11.8 Å². The van der Waals surface area contributed by atoms with Gasteiger partial charge in [0.05, 0.1) is 12.1 Å². The minimum absolute atomic E-state index is 0.142. The average Bonchev–Trinajstić information content (AvgIpc) is 3.36. The average molecular weight is 398 g/mol. The van der Waals surface area contributed by atoms with Crippen molar-refractivity contribution in [2.24, 2.45) is 0 Å². The van der Waals surface area contributed by atoms with Crippen LogP contribution in [0.1, 0.15) is 29.0 Å². The number of benzene rings is 2. The van der Waals surface area contributed by atoms with Crippen LogP contribution in [0.3, 0.4) is 0 Å². The summed E-state index contributed by atoms with van der Waals surface area (Å²) in [5, 5.41) is 30.5. The Balaban J connectivity index is 1.56. The van der Waals surface area contributed by atoms with Gasteiger partial charge in [0.25, 0.3) is 0 Å². The van der Waals surface area contributed by atoms with Gasteiger partial charge in [-0.3, -0.25) is 10.1 Å². The number of hydrogen-bond acceptors (Lipinski definition) is 4. The molecule has 0 saturated heterocycles. The molecule has 5 rings (SSSR count). The number of aliphatic hydroxyl groups is 2. The molecule has 3 heterocycles. The number of fused-ring (bicyclic) bond motifs is 2. The lowest BCUT2D eigenvalue weighted by atomic mass is 9.92. The second kappa shape index (κ2) is 7.40. The summed E-state index contributed by atoms with van der Waals surface area (Å²) >= 11 is 0. The Morgan fingerprint density at radius 3 is 2.60 bits per heavy atom. The molecule has 0 amide bonds. The summed E-state index contributed by atoms with van der Waals surface area (Å²) in [6, 6.07) is 19.6. The van der Waals surface area contributed by atoms with Crippen LogP contribution in [-0.2, 0) is 0 Å². The van der Waals surface area contributed by atoms with E-state index in [0.29, 0.717) is 5.69 Å². The number of rotatable bonds is 5. The number of aryl methyl sites for hydroxylation is 1. The highest BCUT2D eigenvalue weighted by atomic mass is 16.3. The van der Waals surface area contributed by atoms with Crippen molar-refractivity contribution in [2.45, 2.75) is 18.9 Å². The van der Waals surface area contributed by atoms with E-state index in [1.165, 1.54) is 0 Å². The van der Waals surface area contributed by atoms with E-state index in [9.17, 15) is 10.2 Å². The molecular weight excluding hydrogens is 376 g/mol. The van der Waals surface area contributed by atoms with Gasteiger partial charge in [-0.1, -0.05) is 30.3 Å². The van der Waals surface area contributed by atoms with Crippen LogP contribution >= 0.6 is 0 Å². The number of nitrogens with zero attached hydrogens (tertiary/aromatic N) is 2. The molecule has 3 aromatic heterocycles. The largest absolute Gasteiger partial charge is 0.396 e. The second-order valence-electron chi connectivity index (χ2n) is 7.61. The Hall–Kier alpha value is -3.48.